The number of hydrogen-bond acceptors (Lipinski definition) is 4. The van der Waals surface area contributed by atoms with Crippen LogP contribution in [0.4, 0.5) is 0 Å². The number of hydrogen-bond donors (Lipinski definition) is 0. The lowest BCUT2D eigenvalue weighted by atomic mass is 9.91. The molecule has 5 heteroatoms. The molecular formula is C19H22N2O2S. The Bertz CT molecular complexity index is 793. The summed E-state index contributed by atoms with van der Waals surface area (Å²) >= 11 is 1.44. The fourth-order valence-electron chi connectivity index (χ4n) is 3.75. The van der Waals surface area contributed by atoms with E-state index in [1.807, 2.05) is 11.0 Å². The van der Waals surface area contributed by atoms with Crippen molar-refractivity contribution in [1.29, 1.82) is 0 Å². The van der Waals surface area contributed by atoms with Crippen molar-refractivity contribution < 1.29 is 9.53 Å². The van der Waals surface area contributed by atoms with Gasteiger partial charge in [-0.25, -0.2) is 4.98 Å². The molecule has 0 bridgehead atoms. The minimum Gasteiger partial charge on any atom is -0.364 e. The second-order valence-electron chi connectivity index (χ2n) is 7.70. The molecule has 0 saturated carbocycles. The molecule has 126 valence electrons. The standard InChI is InChI=1S/C19H22N2O2S/c1-18(2,3)16-15(24-12-20-16)17(22)21-9-8-19(11-21)14-7-5-4-6-13(14)10-23-19/h4-7,12H,8-11H2,1-3H3. The average Bonchev–Trinajstić information content (AvgIpc) is 3.27. The van der Waals surface area contributed by atoms with E-state index < -0.39 is 0 Å². The van der Waals surface area contributed by atoms with E-state index in [2.05, 4.69) is 44.0 Å². The SMILES string of the molecule is CC(C)(C)c1ncsc1C(=O)N1CCC2(C1)OCc1ccccc12. The molecule has 2 aliphatic heterocycles. The first-order valence-electron chi connectivity index (χ1n) is 8.36. The number of benzene rings is 1. The molecule has 24 heavy (non-hydrogen) atoms. The lowest BCUT2D eigenvalue weighted by molar-refractivity contribution is -0.0282. The third-order valence-corrected chi connectivity index (χ3v) is 5.82. The molecular weight excluding hydrogens is 320 g/mol. The third-order valence-electron chi connectivity index (χ3n) is 5.00. The molecule has 1 atom stereocenters. The van der Waals surface area contributed by atoms with Gasteiger partial charge in [0.1, 0.15) is 10.5 Å². The van der Waals surface area contributed by atoms with E-state index in [1.165, 1.54) is 22.5 Å². The molecule has 1 fully saturated rings. The zero-order chi connectivity index (χ0) is 16.9. The molecule has 1 saturated heterocycles. The van der Waals surface area contributed by atoms with Crippen molar-refractivity contribution in [1.82, 2.24) is 9.88 Å². The van der Waals surface area contributed by atoms with Gasteiger partial charge in [0.15, 0.2) is 0 Å². The first kappa shape index (κ1) is 15.8. The van der Waals surface area contributed by atoms with Gasteiger partial charge >= 0.3 is 0 Å². The van der Waals surface area contributed by atoms with E-state index in [0.29, 0.717) is 13.2 Å². The lowest BCUT2D eigenvalue weighted by Gasteiger charge is -2.25. The number of rotatable bonds is 1. The van der Waals surface area contributed by atoms with E-state index in [9.17, 15) is 4.79 Å². The quantitative estimate of drug-likeness (QED) is 0.793. The fourth-order valence-corrected chi connectivity index (χ4v) is 4.72. The van der Waals surface area contributed by atoms with Crippen LogP contribution in [0.1, 0.15) is 53.7 Å². The maximum atomic E-state index is 13.1. The maximum Gasteiger partial charge on any atom is 0.265 e. The van der Waals surface area contributed by atoms with E-state index >= 15 is 0 Å². The first-order valence-corrected chi connectivity index (χ1v) is 9.24. The second-order valence-corrected chi connectivity index (χ2v) is 8.55. The van der Waals surface area contributed by atoms with E-state index in [1.54, 1.807) is 5.51 Å². The number of aromatic nitrogens is 1. The fraction of sp³-hybridized carbons (Fsp3) is 0.474. The van der Waals surface area contributed by atoms with Crippen molar-refractivity contribution in [3.8, 4) is 0 Å². The maximum absolute atomic E-state index is 13.1. The summed E-state index contributed by atoms with van der Waals surface area (Å²) in [5.41, 5.74) is 4.73. The Hall–Kier alpha value is -1.72. The predicted octanol–water partition coefficient (Wildman–Crippen LogP) is 3.71. The highest BCUT2D eigenvalue weighted by molar-refractivity contribution is 7.11. The Morgan fingerprint density at radius 1 is 1.33 bits per heavy atom. The summed E-state index contributed by atoms with van der Waals surface area (Å²) in [6.45, 7) is 8.30. The van der Waals surface area contributed by atoms with Crippen LogP contribution in [0.15, 0.2) is 29.8 Å². The summed E-state index contributed by atoms with van der Waals surface area (Å²) < 4.78 is 6.16. The highest BCUT2D eigenvalue weighted by Gasteiger charge is 2.47. The number of likely N-dealkylation sites (tertiary alicyclic amines) is 1. The molecule has 4 nitrogen and oxygen atoms in total. The van der Waals surface area contributed by atoms with Crippen molar-refractivity contribution >= 4 is 17.2 Å². The molecule has 1 unspecified atom stereocenters. The lowest BCUT2D eigenvalue weighted by Crippen LogP contribution is -2.35. The number of ether oxygens (including phenoxy) is 1. The van der Waals surface area contributed by atoms with Gasteiger partial charge in [0.2, 0.25) is 0 Å². The summed E-state index contributed by atoms with van der Waals surface area (Å²) in [5, 5.41) is 0. The van der Waals surface area contributed by atoms with Crippen LogP contribution in [0.5, 0.6) is 0 Å². The Morgan fingerprint density at radius 2 is 2.12 bits per heavy atom. The predicted molar refractivity (Wildman–Crippen MR) is 94.2 cm³/mol. The third kappa shape index (κ3) is 2.38. The number of fused-ring (bicyclic) bond motifs is 2. The molecule has 2 aromatic rings. The Labute approximate surface area is 146 Å². The van der Waals surface area contributed by atoms with Gasteiger partial charge in [-0.1, -0.05) is 45.0 Å². The van der Waals surface area contributed by atoms with Gasteiger partial charge in [-0.2, -0.15) is 0 Å². The summed E-state index contributed by atoms with van der Waals surface area (Å²) in [5.74, 6) is 0.0901. The molecule has 0 radical (unpaired) electrons. The molecule has 3 heterocycles. The molecule has 1 aromatic carbocycles. The molecule has 4 rings (SSSR count). The van der Waals surface area contributed by atoms with Crippen LogP contribution in [0, 0.1) is 0 Å². The number of nitrogens with zero attached hydrogens (tertiary/aromatic N) is 2. The van der Waals surface area contributed by atoms with Gasteiger partial charge in [-0.05, 0) is 17.5 Å². The van der Waals surface area contributed by atoms with Crippen molar-refractivity contribution in [2.75, 3.05) is 13.1 Å². The summed E-state index contributed by atoms with van der Waals surface area (Å²) in [6, 6.07) is 8.37. The van der Waals surface area contributed by atoms with Crippen molar-refractivity contribution in [3.05, 3.63) is 51.5 Å². The smallest absolute Gasteiger partial charge is 0.265 e. The van der Waals surface area contributed by atoms with Crippen LogP contribution < -0.4 is 0 Å². The van der Waals surface area contributed by atoms with Gasteiger partial charge in [0.05, 0.1) is 24.4 Å². The number of carbonyl (C=O) groups is 1. The average molecular weight is 342 g/mol. The summed E-state index contributed by atoms with van der Waals surface area (Å²) in [4.78, 5) is 20.2. The normalized spacial score (nSPS) is 23.0. The number of amides is 1. The van der Waals surface area contributed by atoms with E-state index in [0.717, 1.165) is 23.5 Å². The van der Waals surface area contributed by atoms with Crippen LogP contribution in [0.3, 0.4) is 0 Å². The summed E-state index contributed by atoms with van der Waals surface area (Å²) in [6.07, 6.45) is 0.861. The van der Waals surface area contributed by atoms with Crippen LogP contribution in [0.25, 0.3) is 0 Å². The van der Waals surface area contributed by atoms with Gasteiger partial charge in [-0.3, -0.25) is 4.79 Å². The zero-order valence-corrected chi connectivity index (χ0v) is 15.2. The first-order chi connectivity index (χ1) is 11.4. The van der Waals surface area contributed by atoms with Crippen LogP contribution in [0.2, 0.25) is 0 Å². The van der Waals surface area contributed by atoms with Crippen LogP contribution in [-0.2, 0) is 22.4 Å². The van der Waals surface area contributed by atoms with Crippen molar-refractivity contribution in [2.45, 2.75) is 44.8 Å². The molecule has 2 aliphatic rings. The largest absolute Gasteiger partial charge is 0.364 e. The van der Waals surface area contributed by atoms with Crippen molar-refractivity contribution in [3.63, 3.8) is 0 Å². The molecule has 1 aromatic heterocycles. The Kier molecular flexibility index (Phi) is 3.55. The highest BCUT2D eigenvalue weighted by Crippen LogP contribution is 2.44. The monoisotopic (exact) mass is 342 g/mol. The molecule has 0 aliphatic carbocycles. The molecule has 1 spiro atoms. The topological polar surface area (TPSA) is 42.4 Å². The summed E-state index contributed by atoms with van der Waals surface area (Å²) in [7, 11) is 0. The molecule has 0 N–H and O–H groups in total. The van der Waals surface area contributed by atoms with Crippen LogP contribution >= 0.6 is 11.3 Å². The van der Waals surface area contributed by atoms with Gasteiger partial charge in [-0.15, -0.1) is 11.3 Å². The van der Waals surface area contributed by atoms with Gasteiger partial charge in [0.25, 0.3) is 5.91 Å². The number of thiazole rings is 1. The van der Waals surface area contributed by atoms with Gasteiger partial charge < -0.3 is 9.64 Å². The molecule has 1 amide bonds. The second kappa shape index (κ2) is 5.39. The van der Waals surface area contributed by atoms with Gasteiger partial charge in [0, 0.05) is 12.0 Å². The van der Waals surface area contributed by atoms with E-state index in [4.69, 9.17) is 4.74 Å². The van der Waals surface area contributed by atoms with Crippen LogP contribution in [-0.4, -0.2) is 28.9 Å². The van der Waals surface area contributed by atoms with E-state index in [-0.39, 0.29) is 16.9 Å². The van der Waals surface area contributed by atoms with Crippen molar-refractivity contribution in [2.24, 2.45) is 0 Å². The Morgan fingerprint density at radius 3 is 2.92 bits per heavy atom. The zero-order valence-electron chi connectivity index (χ0n) is 14.3. The highest BCUT2D eigenvalue weighted by atomic mass is 32.1. The minimum absolute atomic E-state index is 0.0901. The number of carbonyl (C=O) groups excluding carboxylic acids is 1. The Balaban J connectivity index is 1.61. The minimum atomic E-state index is -0.321.